The van der Waals surface area contributed by atoms with Crippen molar-refractivity contribution in [2.24, 2.45) is 5.41 Å². The lowest BCUT2D eigenvalue weighted by molar-refractivity contribution is -0.147. The molecule has 3 rings (SSSR count). The van der Waals surface area contributed by atoms with Crippen molar-refractivity contribution in [3.8, 4) is 11.1 Å². The van der Waals surface area contributed by atoms with Crippen molar-refractivity contribution in [3.05, 3.63) is 54.4 Å². The maximum absolute atomic E-state index is 13.2. The number of hydrogen-bond donors (Lipinski definition) is 0. The summed E-state index contributed by atoms with van der Waals surface area (Å²) in [6.07, 6.45) is 6.34. The smallest absolute Gasteiger partial charge is 0.230 e. The predicted molar refractivity (Wildman–Crippen MR) is 111 cm³/mol. The van der Waals surface area contributed by atoms with E-state index in [4.69, 9.17) is 0 Å². The number of pyridine rings is 1. The Bertz CT molecular complexity index is 835. The van der Waals surface area contributed by atoms with E-state index in [-0.39, 0.29) is 11.8 Å². The van der Waals surface area contributed by atoms with E-state index in [0.717, 1.165) is 36.1 Å². The largest absolute Gasteiger partial charge is 0.348 e. The van der Waals surface area contributed by atoms with Gasteiger partial charge in [0.25, 0.3) is 0 Å². The second-order valence-corrected chi connectivity index (χ2v) is 7.87. The third-order valence-corrected chi connectivity index (χ3v) is 5.58. The van der Waals surface area contributed by atoms with Gasteiger partial charge < -0.3 is 9.80 Å². The molecule has 1 fully saturated rings. The lowest BCUT2D eigenvalue weighted by Gasteiger charge is -2.43. The summed E-state index contributed by atoms with van der Waals surface area (Å²) >= 11 is 0. The van der Waals surface area contributed by atoms with Crippen LogP contribution in [0.2, 0.25) is 0 Å². The number of nitrogens with zero attached hydrogens (tertiary/aromatic N) is 3. The van der Waals surface area contributed by atoms with Crippen molar-refractivity contribution in [3.63, 3.8) is 0 Å². The Morgan fingerprint density at radius 3 is 2.57 bits per heavy atom. The average Bonchev–Trinajstić information content (AvgIpc) is 2.73. The molecule has 1 aliphatic heterocycles. The number of benzene rings is 1. The zero-order chi connectivity index (χ0) is 20.1. The van der Waals surface area contributed by atoms with Crippen LogP contribution in [-0.2, 0) is 16.0 Å². The molecule has 1 aliphatic rings. The van der Waals surface area contributed by atoms with Gasteiger partial charge in [0.1, 0.15) is 0 Å². The molecule has 5 heteroatoms. The Morgan fingerprint density at radius 2 is 1.89 bits per heavy atom. The average molecular weight is 380 g/mol. The van der Waals surface area contributed by atoms with Crippen molar-refractivity contribution < 1.29 is 9.59 Å². The van der Waals surface area contributed by atoms with Crippen LogP contribution in [-0.4, -0.2) is 53.8 Å². The van der Waals surface area contributed by atoms with Gasteiger partial charge in [0.2, 0.25) is 11.8 Å². The van der Waals surface area contributed by atoms with E-state index >= 15 is 0 Å². The predicted octanol–water partition coefficient (Wildman–Crippen LogP) is 3.40. The molecule has 2 amide bonds. The molecule has 0 aliphatic carbocycles. The standard InChI is InChI=1S/C23H29N3O2/c1-4-21(27)26-14-6-11-23(17-26,22(28)25(2)3)16-18-7-5-8-20(15-18)19-9-12-24-13-10-19/h5,7-10,12-13,15H,4,6,11,14,16-17H2,1-3H3/t23-/m0/s1. The number of rotatable bonds is 5. The summed E-state index contributed by atoms with van der Waals surface area (Å²) in [5.41, 5.74) is 2.78. The molecule has 1 aromatic carbocycles. The van der Waals surface area contributed by atoms with Gasteiger partial charge in [-0.1, -0.05) is 31.2 Å². The SMILES string of the molecule is CCC(=O)N1CCC[C@@](Cc2cccc(-c3ccncc3)c2)(C(=O)N(C)C)C1. The molecule has 2 aromatic rings. The highest BCUT2D eigenvalue weighted by Crippen LogP contribution is 2.36. The number of aromatic nitrogens is 1. The highest BCUT2D eigenvalue weighted by molar-refractivity contribution is 5.84. The second kappa shape index (κ2) is 8.55. The summed E-state index contributed by atoms with van der Waals surface area (Å²) in [6, 6.07) is 12.3. The van der Waals surface area contributed by atoms with E-state index < -0.39 is 5.41 Å². The van der Waals surface area contributed by atoms with Crippen LogP contribution in [0.4, 0.5) is 0 Å². The molecule has 0 saturated carbocycles. The molecule has 1 aromatic heterocycles. The molecule has 148 valence electrons. The van der Waals surface area contributed by atoms with Crippen LogP contribution in [0.1, 0.15) is 31.7 Å². The minimum Gasteiger partial charge on any atom is -0.348 e. The molecule has 1 saturated heterocycles. The van der Waals surface area contributed by atoms with E-state index in [9.17, 15) is 9.59 Å². The first-order chi connectivity index (χ1) is 13.4. The topological polar surface area (TPSA) is 53.5 Å². The number of piperidine rings is 1. The van der Waals surface area contributed by atoms with Crippen LogP contribution in [0.3, 0.4) is 0 Å². The first kappa shape index (κ1) is 20.1. The highest BCUT2D eigenvalue weighted by atomic mass is 16.2. The third-order valence-electron chi connectivity index (χ3n) is 5.58. The van der Waals surface area contributed by atoms with Crippen LogP contribution in [0.25, 0.3) is 11.1 Å². The van der Waals surface area contributed by atoms with Gasteiger partial charge in [-0.25, -0.2) is 0 Å². The number of carbonyl (C=O) groups excluding carboxylic acids is 2. The van der Waals surface area contributed by atoms with E-state index in [2.05, 4.69) is 23.2 Å². The first-order valence-electron chi connectivity index (χ1n) is 9.94. The Morgan fingerprint density at radius 1 is 1.14 bits per heavy atom. The molecular weight excluding hydrogens is 350 g/mol. The van der Waals surface area contributed by atoms with Gasteiger partial charge in [-0.2, -0.15) is 0 Å². The lowest BCUT2D eigenvalue weighted by Crippen LogP contribution is -2.54. The molecule has 0 spiro atoms. The fourth-order valence-electron chi connectivity index (χ4n) is 4.23. The molecule has 5 nitrogen and oxygen atoms in total. The van der Waals surface area contributed by atoms with E-state index in [1.54, 1.807) is 31.4 Å². The molecule has 1 atom stereocenters. The number of hydrogen-bond acceptors (Lipinski definition) is 3. The Kier molecular flexibility index (Phi) is 6.12. The van der Waals surface area contributed by atoms with E-state index in [1.807, 2.05) is 30.0 Å². The maximum atomic E-state index is 13.2. The van der Waals surface area contributed by atoms with Crippen LogP contribution in [0, 0.1) is 5.41 Å². The number of likely N-dealkylation sites (tertiary alicyclic amines) is 1. The summed E-state index contributed by atoms with van der Waals surface area (Å²) in [4.78, 5) is 33.2. The monoisotopic (exact) mass is 379 g/mol. The van der Waals surface area contributed by atoms with E-state index in [1.165, 1.54) is 0 Å². The third kappa shape index (κ3) is 4.24. The molecule has 28 heavy (non-hydrogen) atoms. The van der Waals surface area contributed by atoms with Crippen LogP contribution >= 0.6 is 0 Å². The highest BCUT2D eigenvalue weighted by Gasteiger charge is 2.44. The zero-order valence-electron chi connectivity index (χ0n) is 17.0. The fourth-order valence-corrected chi connectivity index (χ4v) is 4.23. The maximum Gasteiger partial charge on any atom is 0.230 e. The van der Waals surface area contributed by atoms with Gasteiger partial charge in [-0.05, 0) is 48.1 Å². The first-order valence-corrected chi connectivity index (χ1v) is 9.94. The van der Waals surface area contributed by atoms with Gasteiger partial charge >= 0.3 is 0 Å². The summed E-state index contributed by atoms with van der Waals surface area (Å²) in [6.45, 7) is 3.12. The van der Waals surface area contributed by atoms with Gasteiger partial charge in [-0.3, -0.25) is 14.6 Å². The summed E-state index contributed by atoms with van der Waals surface area (Å²) in [5.74, 6) is 0.233. The number of amides is 2. The normalized spacial score (nSPS) is 19.3. The van der Waals surface area contributed by atoms with Crippen LogP contribution < -0.4 is 0 Å². The molecular formula is C23H29N3O2. The minimum atomic E-state index is -0.566. The van der Waals surface area contributed by atoms with Crippen molar-refractivity contribution in [2.45, 2.75) is 32.6 Å². The number of carbonyl (C=O) groups is 2. The molecule has 0 unspecified atom stereocenters. The summed E-state index contributed by atoms with van der Waals surface area (Å²) < 4.78 is 0. The Labute approximate surface area is 167 Å². The van der Waals surface area contributed by atoms with E-state index in [0.29, 0.717) is 19.4 Å². The van der Waals surface area contributed by atoms with Crippen molar-refractivity contribution >= 4 is 11.8 Å². The van der Waals surface area contributed by atoms with Crippen molar-refractivity contribution in [2.75, 3.05) is 27.2 Å². The van der Waals surface area contributed by atoms with Gasteiger partial charge in [0, 0.05) is 46.0 Å². The molecule has 2 heterocycles. The zero-order valence-corrected chi connectivity index (χ0v) is 17.0. The van der Waals surface area contributed by atoms with Crippen molar-refractivity contribution in [1.82, 2.24) is 14.8 Å². The van der Waals surface area contributed by atoms with Gasteiger partial charge in [0.15, 0.2) is 0 Å². The van der Waals surface area contributed by atoms with Crippen molar-refractivity contribution in [1.29, 1.82) is 0 Å². The lowest BCUT2D eigenvalue weighted by atomic mass is 9.73. The molecule has 0 radical (unpaired) electrons. The second-order valence-electron chi connectivity index (χ2n) is 7.87. The Hall–Kier alpha value is -2.69. The quantitative estimate of drug-likeness (QED) is 0.800. The fraction of sp³-hybridized carbons (Fsp3) is 0.435. The summed E-state index contributed by atoms with van der Waals surface area (Å²) in [7, 11) is 3.61. The summed E-state index contributed by atoms with van der Waals surface area (Å²) in [5, 5.41) is 0. The van der Waals surface area contributed by atoms with Crippen LogP contribution in [0.15, 0.2) is 48.8 Å². The van der Waals surface area contributed by atoms with Gasteiger partial charge in [-0.15, -0.1) is 0 Å². The van der Waals surface area contributed by atoms with Gasteiger partial charge in [0.05, 0.1) is 5.41 Å². The van der Waals surface area contributed by atoms with Crippen LogP contribution in [0.5, 0.6) is 0 Å². The Balaban J connectivity index is 1.92. The molecule has 0 N–H and O–H groups in total. The minimum absolute atomic E-state index is 0.107. The molecule has 0 bridgehead atoms.